The van der Waals surface area contributed by atoms with Gasteiger partial charge in [-0.3, -0.25) is 14.6 Å². The molecule has 5 rings (SSSR count). The number of alkyl halides is 3. The predicted octanol–water partition coefficient (Wildman–Crippen LogP) is 4.27. The van der Waals surface area contributed by atoms with Crippen molar-refractivity contribution in [2.75, 3.05) is 26.2 Å². The molecule has 0 aliphatic carbocycles. The van der Waals surface area contributed by atoms with Crippen LogP contribution in [-0.2, 0) is 21.0 Å². The molecule has 2 saturated heterocycles. The Labute approximate surface area is 237 Å². The van der Waals surface area contributed by atoms with E-state index < -0.39 is 33.2 Å². The Kier molecular flexibility index (Phi) is 7.58. The molecule has 3 aliphatic heterocycles. The lowest BCUT2D eigenvalue weighted by Gasteiger charge is -2.34. The summed E-state index contributed by atoms with van der Waals surface area (Å²) in [7, 11) is -3.83. The lowest BCUT2D eigenvalue weighted by Crippen LogP contribution is -2.50. The molecule has 0 saturated carbocycles. The molecule has 0 atom stereocenters. The third kappa shape index (κ3) is 5.80. The molecule has 12 heteroatoms. The number of hydrogen-bond acceptors (Lipinski definition) is 5. The van der Waals surface area contributed by atoms with Crippen LogP contribution in [0.3, 0.4) is 0 Å². The number of amides is 2. The van der Waals surface area contributed by atoms with Gasteiger partial charge < -0.3 is 10.2 Å². The number of likely N-dealkylation sites (tertiary alicyclic amines) is 1. The van der Waals surface area contributed by atoms with Crippen LogP contribution in [0.1, 0.15) is 63.9 Å². The molecule has 1 N–H and O–H groups in total. The van der Waals surface area contributed by atoms with E-state index in [-0.39, 0.29) is 43.2 Å². The van der Waals surface area contributed by atoms with Gasteiger partial charge in [0.05, 0.1) is 5.56 Å². The molecule has 2 aromatic carbocycles. The van der Waals surface area contributed by atoms with Crippen molar-refractivity contribution >= 4 is 33.7 Å². The third-order valence-corrected chi connectivity index (χ3v) is 9.56. The molecule has 1 spiro atoms. The quantitative estimate of drug-likeness (QED) is 0.564. The Balaban J connectivity index is 1.28. The minimum absolute atomic E-state index is 0.0195. The Morgan fingerprint density at radius 3 is 2.27 bits per heavy atom. The second-order valence-corrected chi connectivity index (χ2v) is 12.6. The number of carbonyl (C=O) groups is 2. The average Bonchev–Trinajstić information content (AvgIpc) is 3.56. The molecule has 8 nitrogen and oxygen atoms in total. The normalized spacial score (nSPS) is 19.7. The zero-order valence-corrected chi connectivity index (χ0v) is 23.6. The van der Waals surface area contributed by atoms with E-state index in [0.717, 1.165) is 54.6 Å². The zero-order valence-electron chi connectivity index (χ0n) is 22.8. The van der Waals surface area contributed by atoms with Crippen molar-refractivity contribution in [3.8, 4) is 0 Å². The van der Waals surface area contributed by atoms with Crippen LogP contribution >= 0.6 is 0 Å². The minimum atomic E-state index is -4.53. The first-order valence-electron chi connectivity index (χ1n) is 13.5. The molecule has 0 radical (unpaired) electrons. The molecule has 3 aliphatic rings. The van der Waals surface area contributed by atoms with Gasteiger partial charge in [-0.05, 0) is 86.6 Å². The van der Waals surface area contributed by atoms with Crippen molar-refractivity contribution < 1.29 is 31.2 Å². The maximum Gasteiger partial charge on any atom is 0.416 e. The molecule has 2 fully saturated rings. The molecule has 0 bridgehead atoms. The zero-order chi connectivity index (χ0) is 29.6. The maximum atomic E-state index is 13.2. The average molecular weight is 589 g/mol. The summed E-state index contributed by atoms with van der Waals surface area (Å²) in [6, 6.07) is 8.13. The number of aliphatic imine (C=N–C) groups is 1. The van der Waals surface area contributed by atoms with Gasteiger partial charge in [0.2, 0.25) is 10.0 Å². The van der Waals surface area contributed by atoms with E-state index in [0.29, 0.717) is 11.1 Å². The fraction of sp³-hybridized carbons (Fsp3) is 0.414. The summed E-state index contributed by atoms with van der Waals surface area (Å²) in [4.78, 5) is 31.9. The van der Waals surface area contributed by atoms with E-state index in [1.54, 1.807) is 12.1 Å². The fourth-order valence-electron chi connectivity index (χ4n) is 5.65. The van der Waals surface area contributed by atoms with Gasteiger partial charge in [0.25, 0.3) is 11.8 Å². The number of rotatable bonds is 5. The van der Waals surface area contributed by atoms with Crippen molar-refractivity contribution in [3.63, 3.8) is 0 Å². The number of nitrogens with one attached hydrogen (secondary N) is 1. The molecular weight excluding hydrogens is 557 g/mol. The Bertz CT molecular complexity index is 1530. The van der Waals surface area contributed by atoms with Gasteiger partial charge in [-0.25, -0.2) is 8.42 Å². The molecule has 2 amide bonds. The van der Waals surface area contributed by atoms with E-state index in [9.17, 15) is 31.2 Å². The molecule has 41 heavy (non-hydrogen) atoms. The molecule has 218 valence electrons. The van der Waals surface area contributed by atoms with Gasteiger partial charge in [0.1, 0.15) is 11.4 Å². The SMILES string of the molecule is Cc1cc(C(=O)N2CCCC2)cc(C)c1C=CS(=O)(=O)N1CCC2(CC1)N=C(c1cccc(C(F)(F)F)c1)NC2=O. The largest absolute Gasteiger partial charge is 0.416 e. The van der Waals surface area contributed by atoms with Gasteiger partial charge in [0.15, 0.2) is 0 Å². The smallest absolute Gasteiger partial charge is 0.339 e. The van der Waals surface area contributed by atoms with E-state index in [1.807, 2.05) is 18.7 Å². The van der Waals surface area contributed by atoms with Crippen molar-refractivity contribution in [1.29, 1.82) is 0 Å². The van der Waals surface area contributed by atoms with Gasteiger partial charge in [-0.15, -0.1) is 0 Å². The summed E-state index contributed by atoms with van der Waals surface area (Å²) in [5, 5.41) is 3.72. The standard InChI is InChI=1S/C29H31F3N4O4S/c1-19-16-22(26(37)35-11-3-4-12-35)17-20(2)24(19)8-15-41(39,40)36-13-9-28(10-14-36)27(38)33-25(34-28)21-6-5-7-23(18-21)29(30,31)32/h5-8,15-18H,3-4,9-14H2,1-2H3,(H,33,34,38). The third-order valence-electron chi connectivity index (χ3n) is 7.99. The first-order valence-corrected chi connectivity index (χ1v) is 15.0. The summed E-state index contributed by atoms with van der Waals surface area (Å²) in [5.41, 5.74) is 0.935. The summed E-state index contributed by atoms with van der Waals surface area (Å²) in [6.07, 6.45) is -0.823. The van der Waals surface area contributed by atoms with E-state index in [1.165, 1.54) is 22.5 Å². The van der Waals surface area contributed by atoms with Crippen LogP contribution in [0, 0.1) is 13.8 Å². The van der Waals surface area contributed by atoms with Crippen molar-refractivity contribution in [3.05, 3.63) is 75.2 Å². The van der Waals surface area contributed by atoms with E-state index in [2.05, 4.69) is 10.3 Å². The van der Waals surface area contributed by atoms with Crippen LogP contribution in [0.5, 0.6) is 0 Å². The van der Waals surface area contributed by atoms with Crippen LogP contribution in [-0.4, -0.2) is 67.0 Å². The number of halogens is 3. The van der Waals surface area contributed by atoms with Crippen LogP contribution < -0.4 is 5.32 Å². The Morgan fingerprint density at radius 2 is 1.66 bits per heavy atom. The van der Waals surface area contributed by atoms with Crippen molar-refractivity contribution in [2.45, 2.75) is 51.2 Å². The number of nitrogens with zero attached hydrogens (tertiary/aromatic N) is 3. The highest BCUT2D eigenvalue weighted by molar-refractivity contribution is 7.92. The Morgan fingerprint density at radius 1 is 1.02 bits per heavy atom. The second-order valence-electron chi connectivity index (χ2n) is 10.8. The predicted molar refractivity (Wildman–Crippen MR) is 149 cm³/mol. The van der Waals surface area contributed by atoms with Crippen molar-refractivity contribution in [1.82, 2.24) is 14.5 Å². The number of benzene rings is 2. The number of hydrogen-bond donors (Lipinski definition) is 1. The van der Waals surface area contributed by atoms with Gasteiger partial charge in [0, 0.05) is 42.7 Å². The van der Waals surface area contributed by atoms with Gasteiger partial charge >= 0.3 is 6.18 Å². The number of piperidine rings is 1. The topological polar surface area (TPSA) is 99.2 Å². The molecule has 0 unspecified atom stereocenters. The highest BCUT2D eigenvalue weighted by Crippen LogP contribution is 2.34. The lowest BCUT2D eigenvalue weighted by molar-refractivity contribution is -0.137. The second kappa shape index (κ2) is 10.7. The number of sulfonamides is 1. The van der Waals surface area contributed by atoms with E-state index >= 15 is 0 Å². The summed E-state index contributed by atoms with van der Waals surface area (Å²) in [5.74, 6) is -0.420. The van der Waals surface area contributed by atoms with Gasteiger partial charge in [-0.2, -0.15) is 17.5 Å². The van der Waals surface area contributed by atoms with Crippen LogP contribution in [0.15, 0.2) is 46.8 Å². The Hall–Kier alpha value is -3.51. The molecular formula is C29H31F3N4O4S. The molecule has 2 aromatic rings. The first-order chi connectivity index (χ1) is 19.3. The highest BCUT2D eigenvalue weighted by atomic mass is 32.2. The van der Waals surface area contributed by atoms with E-state index in [4.69, 9.17) is 0 Å². The van der Waals surface area contributed by atoms with Gasteiger partial charge in [-0.1, -0.05) is 12.1 Å². The van der Waals surface area contributed by atoms with Crippen molar-refractivity contribution in [2.24, 2.45) is 4.99 Å². The summed E-state index contributed by atoms with van der Waals surface area (Å²) < 4.78 is 67.1. The fourth-order valence-corrected chi connectivity index (χ4v) is 6.82. The number of carbonyl (C=O) groups excluding carboxylic acids is 2. The summed E-state index contributed by atoms with van der Waals surface area (Å²) in [6.45, 7) is 5.22. The first kappa shape index (κ1) is 29.0. The molecule has 3 heterocycles. The minimum Gasteiger partial charge on any atom is -0.339 e. The lowest BCUT2D eigenvalue weighted by atomic mass is 9.89. The molecule has 0 aromatic heterocycles. The highest BCUT2D eigenvalue weighted by Gasteiger charge is 2.47. The van der Waals surface area contributed by atoms with Crippen LogP contribution in [0.2, 0.25) is 0 Å². The van der Waals surface area contributed by atoms with Crippen LogP contribution in [0.4, 0.5) is 13.2 Å². The van der Waals surface area contributed by atoms with Crippen LogP contribution in [0.25, 0.3) is 6.08 Å². The maximum absolute atomic E-state index is 13.2. The number of aryl methyl sites for hydroxylation is 2. The monoisotopic (exact) mass is 588 g/mol. The summed E-state index contributed by atoms with van der Waals surface area (Å²) >= 11 is 0. The number of amidine groups is 1.